The fraction of sp³-hybridized carbons (Fsp3) is 0.208. The molecule has 0 radical (unpaired) electrons. The summed E-state index contributed by atoms with van der Waals surface area (Å²) in [5.74, 6) is -0.727. The Labute approximate surface area is 189 Å². The summed E-state index contributed by atoms with van der Waals surface area (Å²) in [4.78, 5) is 54.6. The van der Waals surface area contributed by atoms with Crippen molar-refractivity contribution in [3.8, 4) is 17.0 Å². The van der Waals surface area contributed by atoms with Gasteiger partial charge in [0.05, 0.1) is 29.8 Å². The van der Waals surface area contributed by atoms with Gasteiger partial charge in [-0.1, -0.05) is 12.1 Å². The molecule has 0 saturated heterocycles. The zero-order valence-corrected chi connectivity index (χ0v) is 18.0. The molecule has 0 unspecified atom stereocenters. The van der Waals surface area contributed by atoms with E-state index in [1.165, 1.54) is 17.0 Å². The number of imide groups is 1. The van der Waals surface area contributed by atoms with Crippen molar-refractivity contribution in [3.05, 3.63) is 82.4 Å². The standard InChI is InChI=1S/C24H22N4O5/c1-2-33-17-9-7-16(8-10-17)20-13-22(30)27(15-26-20)12-11-25-21(29)14-28-23(31)18-5-3-4-6-19(18)24(28)32/h3-10,13,15H,2,11-12,14H2,1H3,(H,25,29). The van der Waals surface area contributed by atoms with Crippen molar-refractivity contribution in [2.24, 2.45) is 0 Å². The van der Waals surface area contributed by atoms with Crippen LogP contribution in [0.3, 0.4) is 0 Å². The monoisotopic (exact) mass is 446 g/mol. The van der Waals surface area contributed by atoms with Gasteiger partial charge < -0.3 is 10.1 Å². The van der Waals surface area contributed by atoms with Crippen molar-refractivity contribution in [1.29, 1.82) is 0 Å². The Morgan fingerprint density at radius 1 is 1.00 bits per heavy atom. The van der Waals surface area contributed by atoms with Crippen LogP contribution in [-0.2, 0) is 11.3 Å². The van der Waals surface area contributed by atoms with Crippen molar-refractivity contribution in [3.63, 3.8) is 0 Å². The summed E-state index contributed by atoms with van der Waals surface area (Å²) >= 11 is 0. The molecule has 1 aliphatic rings. The van der Waals surface area contributed by atoms with E-state index in [1.807, 2.05) is 31.2 Å². The van der Waals surface area contributed by atoms with Gasteiger partial charge in [-0.25, -0.2) is 4.98 Å². The minimum Gasteiger partial charge on any atom is -0.494 e. The molecule has 0 saturated carbocycles. The number of hydrogen-bond donors (Lipinski definition) is 1. The van der Waals surface area contributed by atoms with Gasteiger partial charge in [0, 0.05) is 24.7 Å². The number of nitrogens with one attached hydrogen (secondary N) is 1. The summed E-state index contributed by atoms with van der Waals surface area (Å²) in [7, 11) is 0. The highest BCUT2D eigenvalue weighted by Gasteiger charge is 2.36. The van der Waals surface area contributed by atoms with Gasteiger partial charge in [0.15, 0.2) is 0 Å². The normalized spacial score (nSPS) is 12.6. The first-order chi connectivity index (χ1) is 16.0. The number of carbonyl (C=O) groups excluding carboxylic acids is 3. The Morgan fingerprint density at radius 2 is 1.67 bits per heavy atom. The molecule has 4 rings (SSSR count). The van der Waals surface area contributed by atoms with Gasteiger partial charge in [-0.2, -0.15) is 0 Å². The maximum absolute atomic E-state index is 12.4. The summed E-state index contributed by atoms with van der Waals surface area (Å²) in [6.45, 7) is 2.44. The molecular formula is C24H22N4O5. The maximum atomic E-state index is 12.4. The largest absolute Gasteiger partial charge is 0.494 e. The first kappa shape index (κ1) is 21.9. The van der Waals surface area contributed by atoms with Gasteiger partial charge in [-0.05, 0) is 43.3 Å². The van der Waals surface area contributed by atoms with Gasteiger partial charge in [-0.15, -0.1) is 0 Å². The van der Waals surface area contributed by atoms with Gasteiger partial charge in [-0.3, -0.25) is 28.6 Å². The van der Waals surface area contributed by atoms with Gasteiger partial charge in [0.25, 0.3) is 17.4 Å². The maximum Gasteiger partial charge on any atom is 0.262 e. The molecule has 2 heterocycles. The van der Waals surface area contributed by atoms with E-state index in [4.69, 9.17) is 4.74 Å². The van der Waals surface area contributed by atoms with Crippen LogP contribution in [0.25, 0.3) is 11.3 Å². The third kappa shape index (κ3) is 4.67. The Hall–Kier alpha value is -4.27. The molecule has 9 nitrogen and oxygen atoms in total. The zero-order chi connectivity index (χ0) is 23.4. The summed E-state index contributed by atoms with van der Waals surface area (Å²) in [5.41, 5.74) is 1.65. The SMILES string of the molecule is CCOc1ccc(-c2cc(=O)n(CCNC(=O)CN3C(=O)c4ccccc4C3=O)cn2)cc1. The lowest BCUT2D eigenvalue weighted by molar-refractivity contribution is -0.121. The molecule has 0 aliphatic carbocycles. The molecule has 1 aliphatic heterocycles. The number of benzene rings is 2. The highest BCUT2D eigenvalue weighted by Crippen LogP contribution is 2.22. The van der Waals surface area contributed by atoms with Gasteiger partial charge in [0.1, 0.15) is 12.3 Å². The third-order valence-corrected chi connectivity index (χ3v) is 5.20. The minimum atomic E-state index is -0.490. The lowest BCUT2D eigenvalue weighted by Gasteiger charge is -2.14. The number of ether oxygens (including phenoxy) is 1. The molecule has 9 heteroatoms. The predicted molar refractivity (Wildman–Crippen MR) is 120 cm³/mol. The van der Waals surface area contributed by atoms with Crippen molar-refractivity contribution in [2.45, 2.75) is 13.5 Å². The average molecular weight is 446 g/mol. The van der Waals surface area contributed by atoms with Crippen LogP contribution >= 0.6 is 0 Å². The Morgan fingerprint density at radius 3 is 2.27 bits per heavy atom. The van der Waals surface area contributed by atoms with Crippen LogP contribution in [0.5, 0.6) is 5.75 Å². The second kappa shape index (κ2) is 9.47. The van der Waals surface area contributed by atoms with Crippen LogP contribution in [0.15, 0.2) is 65.7 Å². The molecule has 0 fully saturated rings. The van der Waals surface area contributed by atoms with E-state index in [-0.39, 0.29) is 25.2 Å². The van der Waals surface area contributed by atoms with Crippen LogP contribution in [0.1, 0.15) is 27.6 Å². The van der Waals surface area contributed by atoms with Crippen molar-refractivity contribution in [2.75, 3.05) is 19.7 Å². The minimum absolute atomic E-state index is 0.145. The first-order valence-corrected chi connectivity index (χ1v) is 10.5. The summed E-state index contributed by atoms with van der Waals surface area (Å²) in [6.07, 6.45) is 1.42. The van der Waals surface area contributed by atoms with Gasteiger partial charge in [0.2, 0.25) is 5.91 Å². The number of rotatable bonds is 8. The lowest BCUT2D eigenvalue weighted by atomic mass is 10.1. The fourth-order valence-corrected chi connectivity index (χ4v) is 3.54. The summed E-state index contributed by atoms with van der Waals surface area (Å²) in [6, 6.07) is 15.2. The second-order valence-electron chi connectivity index (χ2n) is 7.36. The highest BCUT2D eigenvalue weighted by molar-refractivity contribution is 6.22. The number of nitrogens with zero attached hydrogens (tertiary/aromatic N) is 3. The average Bonchev–Trinajstić information content (AvgIpc) is 3.06. The number of aromatic nitrogens is 2. The van der Waals surface area contributed by atoms with E-state index < -0.39 is 17.7 Å². The summed E-state index contributed by atoms with van der Waals surface area (Å²) < 4.78 is 6.79. The van der Waals surface area contributed by atoms with Gasteiger partial charge >= 0.3 is 0 Å². The molecule has 3 aromatic rings. The van der Waals surface area contributed by atoms with Crippen molar-refractivity contribution < 1.29 is 19.1 Å². The van der Waals surface area contributed by atoms with Crippen molar-refractivity contribution >= 4 is 17.7 Å². The molecule has 0 bridgehead atoms. The molecule has 1 aromatic heterocycles. The molecule has 0 atom stereocenters. The number of carbonyl (C=O) groups is 3. The fourth-order valence-electron chi connectivity index (χ4n) is 3.54. The Balaban J connectivity index is 1.32. The van der Waals surface area contributed by atoms with E-state index >= 15 is 0 Å². The van der Waals surface area contributed by atoms with E-state index in [9.17, 15) is 19.2 Å². The molecule has 1 N–H and O–H groups in total. The number of hydrogen-bond acceptors (Lipinski definition) is 6. The Kier molecular flexibility index (Phi) is 6.30. The van der Waals surface area contributed by atoms with Crippen molar-refractivity contribution in [1.82, 2.24) is 19.8 Å². The molecule has 2 aromatic carbocycles. The highest BCUT2D eigenvalue weighted by atomic mass is 16.5. The van der Waals surface area contributed by atoms with Crippen LogP contribution < -0.4 is 15.6 Å². The number of fused-ring (bicyclic) bond motifs is 1. The van der Waals surface area contributed by atoms with Crippen LogP contribution in [0, 0.1) is 0 Å². The van der Waals surface area contributed by atoms with Crippen LogP contribution in [0.4, 0.5) is 0 Å². The topological polar surface area (TPSA) is 111 Å². The third-order valence-electron chi connectivity index (χ3n) is 5.20. The Bertz CT molecular complexity index is 1230. The lowest BCUT2D eigenvalue weighted by Crippen LogP contribution is -2.41. The molecule has 33 heavy (non-hydrogen) atoms. The first-order valence-electron chi connectivity index (χ1n) is 10.5. The quantitative estimate of drug-likeness (QED) is 0.528. The van der Waals surface area contributed by atoms with E-state index in [0.717, 1.165) is 16.2 Å². The molecule has 168 valence electrons. The molecule has 0 spiro atoms. The number of amides is 3. The zero-order valence-electron chi connectivity index (χ0n) is 18.0. The molecule has 3 amide bonds. The van der Waals surface area contributed by atoms with E-state index in [2.05, 4.69) is 10.3 Å². The second-order valence-corrected chi connectivity index (χ2v) is 7.36. The van der Waals surface area contributed by atoms with E-state index in [1.54, 1.807) is 24.3 Å². The smallest absolute Gasteiger partial charge is 0.262 e. The predicted octanol–water partition coefficient (Wildman–Crippen LogP) is 1.72. The molecular weight excluding hydrogens is 424 g/mol. The summed E-state index contributed by atoms with van der Waals surface area (Å²) in [5, 5.41) is 2.63. The van der Waals surface area contributed by atoms with E-state index in [0.29, 0.717) is 23.4 Å². The van der Waals surface area contributed by atoms with Crippen LogP contribution in [-0.4, -0.2) is 51.9 Å². The van der Waals surface area contributed by atoms with Crippen LogP contribution in [0.2, 0.25) is 0 Å².